The van der Waals surface area contributed by atoms with E-state index in [4.69, 9.17) is 9.47 Å². The Kier molecular flexibility index (Phi) is 4.04. The number of nitrogens with one attached hydrogen (secondary N) is 1. The third kappa shape index (κ3) is 2.99. The van der Waals surface area contributed by atoms with Crippen molar-refractivity contribution in [1.29, 1.82) is 0 Å². The molecule has 0 aliphatic carbocycles. The molecule has 2 aliphatic rings. The molecule has 2 aromatic carbocycles. The SMILES string of the molecule is O=C(Nc1ccc2c(c1)OCCO2)c1cccc(N2C(=O)CCC2=O)c1. The molecular weight excluding hydrogens is 336 g/mol. The maximum absolute atomic E-state index is 12.5. The zero-order valence-electron chi connectivity index (χ0n) is 13.9. The van der Waals surface area contributed by atoms with Crippen LogP contribution in [0.3, 0.4) is 0 Å². The van der Waals surface area contributed by atoms with Gasteiger partial charge in [-0.15, -0.1) is 0 Å². The summed E-state index contributed by atoms with van der Waals surface area (Å²) in [6.45, 7) is 0.962. The first-order valence-electron chi connectivity index (χ1n) is 8.29. The Hall–Kier alpha value is -3.35. The Balaban J connectivity index is 1.54. The first-order chi connectivity index (χ1) is 12.6. The minimum absolute atomic E-state index is 0.201. The maximum atomic E-state index is 12.5. The molecule has 0 saturated carbocycles. The Morgan fingerprint density at radius 1 is 0.923 bits per heavy atom. The number of hydrogen-bond acceptors (Lipinski definition) is 5. The standard InChI is InChI=1S/C19H16N2O5/c22-17-6-7-18(23)21(17)14-3-1-2-12(10-14)19(24)20-13-4-5-15-16(11-13)26-9-8-25-15/h1-5,10-11H,6-9H2,(H,20,24). The number of anilines is 2. The van der Waals surface area contributed by atoms with Gasteiger partial charge in [0.15, 0.2) is 11.5 Å². The molecule has 0 atom stereocenters. The van der Waals surface area contributed by atoms with Gasteiger partial charge in [-0.2, -0.15) is 0 Å². The highest BCUT2D eigenvalue weighted by Gasteiger charge is 2.30. The fourth-order valence-electron chi connectivity index (χ4n) is 2.98. The summed E-state index contributed by atoms with van der Waals surface area (Å²) < 4.78 is 11.0. The number of nitrogens with zero attached hydrogens (tertiary/aromatic N) is 1. The second-order valence-electron chi connectivity index (χ2n) is 5.99. The number of amides is 3. The fourth-order valence-corrected chi connectivity index (χ4v) is 2.98. The lowest BCUT2D eigenvalue weighted by Crippen LogP contribution is -2.28. The van der Waals surface area contributed by atoms with E-state index < -0.39 is 0 Å². The molecule has 26 heavy (non-hydrogen) atoms. The van der Waals surface area contributed by atoms with Gasteiger partial charge in [-0.1, -0.05) is 6.07 Å². The van der Waals surface area contributed by atoms with Gasteiger partial charge in [0.05, 0.1) is 5.69 Å². The summed E-state index contributed by atoms with van der Waals surface area (Å²) in [5.74, 6) is 0.375. The van der Waals surface area contributed by atoms with E-state index in [0.29, 0.717) is 41.7 Å². The minimum Gasteiger partial charge on any atom is -0.486 e. The highest BCUT2D eigenvalue weighted by atomic mass is 16.6. The molecule has 7 nitrogen and oxygen atoms in total. The molecule has 0 unspecified atom stereocenters. The van der Waals surface area contributed by atoms with Crippen molar-refractivity contribution in [2.24, 2.45) is 0 Å². The van der Waals surface area contributed by atoms with Crippen LogP contribution < -0.4 is 19.7 Å². The third-order valence-electron chi connectivity index (χ3n) is 4.22. The van der Waals surface area contributed by atoms with Crippen molar-refractivity contribution in [1.82, 2.24) is 0 Å². The highest BCUT2D eigenvalue weighted by molar-refractivity contribution is 6.20. The third-order valence-corrected chi connectivity index (χ3v) is 4.22. The second-order valence-corrected chi connectivity index (χ2v) is 5.99. The molecule has 0 radical (unpaired) electrons. The van der Waals surface area contributed by atoms with Crippen LogP contribution in [0.5, 0.6) is 11.5 Å². The number of imide groups is 1. The summed E-state index contributed by atoms with van der Waals surface area (Å²) in [6.07, 6.45) is 0.402. The molecular formula is C19H16N2O5. The van der Waals surface area contributed by atoms with Crippen molar-refractivity contribution >= 4 is 29.1 Å². The molecule has 0 aromatic heterocycles. The fraction of sp³-hybridized carbons (Fsp3) is 0.211. The topological polar surface area (TPSA) is 84.9 Å². The van der Waals surface area contributed by atoms with Crippen LogP contribution in [-0.4, -0.2) is 30.9 Å². The number of ether oxygens (including phenoxy) is 2. The number of rotatable bonds is 3. The van der Waals surface area contributed by atoms with Crippen LogP contribution in [0.25, 0.3) is 0 Å². The predicted molar refractivity (Wildman–Crippen MR) is 93.6 cm³/mol. The van der Waals surface area contributed by atoms with Crippen LogP contribution in [0.15, 0.2) is 42.5 Å². The number of fused-ring (bicyclic) bond motifs is 1. The summed E-state index contributed by atoms with van der Waals surface area (Å²) in [5.41, 5.74) is 1.33. The molecule has 2 aliphatic heterocycles. The number of carbonyl (C=O) groups is 3. The van der Waals surface area contributed by atoms with E-state index in [-0.39, 0.29) is 30.6 Å². The Morgan fingerprint density at radius 2 is 1.65 bits per heavy atom. The molecule has 3 amide bonds. The van der Waals surface area contributed by atoms with Crippen LogP contribution in [0.4, 0.5) is 11.4 Å². The monoisotopic (exact) mass is 352 g/mol. The van der Waals surface area contributed by atoms with Crippen LogP contribution in [-0.2, 0) is 9.59 Å². The van der Waals surface area contributed by atoms with E-state index in [1.165, 1.54) is 6.07 Å². The molecule has 2 heterocycles. The van der Waals surface area contributed by atoms with E-state index in [9.17, 15) is 14.4 Å². The zero-order valence-corrected chi connectivity index (χ0v) is 13.9. The second kappa shape index (κ2) is 6.51. The first kappa shape index (κ1) is 16.1. The van der Waals surface area contributed by atoms with Crippen LogP contribution in [0, 0.1) is 0 Å². The van der Waals surface area contributed by atoms with Crippen molar-refractivity contribution in [3.05, 3.63) is 48.0 Å². The van der Waals surface area contributed by atoms with Gasteiger partial charge in [0.25, 0.3) is 5.91 Å². The van der Waals surface area contributed by atoms with E-state index in [1.54, 1.807) is 36.4 Å². The highest BCUT2D eigenvalue weighted by Crippen LogP contribution is 2.33. The predicted octanol–water partition coefficient (Wildman–Crippen LogP) is 2.36. The van der Waals surface area contributed by atoms with Crippen molar-refractivity contribution in [3.8, 4) is 11.5 Å². The van der Waals surface area contributed by atoms with Gasteiger partial charge in [0.2, 0.25) is 11.8 Å². The largest absolute Gasteiger partial charge is 0.486 e. The molecule has 7 heteroatoms. The number of hydrogen-bond donors (Lipinski definition) is 1. The van der Waals surface area contributed by atoms with Crippen molar-refractivity contribution in [3.63, 3.8) is 0 Å². The van der Waals surface area contributed by atoms with Crippen molar-refractivity contribution < 1.29 is 23.9 Å². The lowest BCUT2D eigenvalue weighted by atomic mass is 10.1. The molecule has 4 rings (SSSR count). The van der Waals surface area contributed by atoms with Gasteiger partial charge in [0.1, 0.15) is 13.2 Å². The summed E-state index contributed by atoms with van der Waals surface area (Å²) in [7, 11) is 0. The summed E-state index contributed by atoms with van der Waals surface area (Å²) >= 11 is 0. The maximum Gasteiger partial charge on any atom is 0.255 e. The Bertz CT molecular complexity index is 893. The normalized spacial score (nSPS) is 15.9. The van der Waals surface area contributed by atoms with Crippen LogP contribution >= 0.6 is 0 Å². The van der Waals surface area contributed by atoms with E-state index in [1.807, 2.05) is 0 Å². The van der Waals surface area contributed by atoms with Crippen LogP contribution in [0.2, 0.25) is 0 Å². The average Bonchev–Trinajstić information content (AvgIpc) is 3.00. The lowest BCUT2D eigenvalue weighted by Gasteiger charge is -2.19. The smallest absolute Gasteiger partial charge is 0.255 e. The number of benzene rings is 2. The summed E-state index contributed by atoms with van der Waals surface area (Å²) in [4.78, 5) is 37.4. The van der Waals surface area contributed by atoms with E-state index >= 15 is 0 Å². The molecule has 1 N–H and O–H groups in total. The quantitative estimate of drug-likeness (QED) is 0.857. The van der Waals surface area contributed by atoms with Gasteiger partial charge in [-0.25, -0.2) is 0 Å². The molecule has 132 valence electrons. The molecule has 2 aromatic rings. The molecule has 1 saturated heterocycles. The molecule has 0 spiro atoms. The van der Waals surface area contributed by atoms with Gasteiger partial charge in [-0.3, -0.25) is 19.3 Å². The first-order valence-corrected chi connectivity index (χ1v) is 8.29. The van der Waals surface area contributed by atoms with Gasteiger partial charge in [0, 0.05) is 30.2 Å². The Morgan fingerprint density at radius 3 is 2.42 bits per heavy atom. The van der Waals surface area contributed by atoms with Gasteiger partial charge >= 0.3 is 0 Å². The average molecular weight is 352 g/mol. The van der Waals surface area contributed by atoms with Crippen molar-refractivity contribution in [2.75, 3.05) is 23.4 Å². The minimum atomic E-state index is -0.345. The zero-order chi connectivity index (χ0) is 18.1. The molecule has 1 fully saturated rings. The van der Waals surface area contributed by atoms with E-state index in [0.717, 1.165) is 4.90 Å². The lowest BCUT2D eigenvalue weighted by molar-refractivity contribution is -0.121. The Labute approximate surface area is 149 Å². The van der Waals surface area contributed by atoms with Gasteiger partial charge < -0.3 is 14.8 Å². The van der Waals surface area contributed by atoms with Gasteiger partial charge in [-0.05, 0) is 30.3 Å². The van der Waals surface area contributed by atoms with E-state index in [2.05, 4.69) is 5.32 Å². The molecule has 0 bridgehead atoms. The summed E-state index contributed by atoms with van der Waals surface area (Å²) in [5, 5.41) is 2.79. The summed E-state index contributed by atoms with van der Waals surface area (Å²) in [6, 6.07) is 11.6. The number of carbonyl (C=O) groups excluding carboxylic acids is 3. The van der Waals surface area contributed by atoms with Crippen molar-refractivity contribution in [2.45, 2.75) is 12.8 Å². The van der Waals surface area contributed by atoms with Crippen LogP contribution in [0.1, 0.15) is 23.2 Å².